The van der Waals surface area contributed by atoms with Crippen molar-refractivity contribution < 1.29 is 64.5 Å². The van der Waals surface area contributed by atoms with Gasteiger partial charge in [0, 0.05) is 5.92 Å². The third-order valence-electron chi connectivity index (χ3n) is 17.7. The molecule has 0 unspecified atom stereocenters. The van der Waals surface area contributed by atoms with Gasteiger partial charge < -0.3 is 64.5 Å². The molecule has 0 aromatic rings. The summed E-state index contributed by atoms with van der Waals surface area (Å²) in [7, 11) is 0. The summed E-state index contributed by atoms with van der Waals surface area (Å²) >= 11 is 0. The summed E-state index contributed by atoms with van der Waals surface area (Å²) in [5.74, 6) is 0.663. The van der Waals surface area contributed by atoms with E-state index in [-0.39, 0.29) is 51.8 Å². The Hall–Kier alpha value is -0.520. The molecule has 20 atom stereocenters. The molecular weight excluding hydrogens is 700 g/mol. The maximum Gasteiger partial charge on any atom is 0.186 e. The van der Waals surface area contributed by atoms with Gasteiger partial charge in [0.1, 0.15) is 42.7 Å². The predicted octanol–water partition coefficient (Wildman–Crippen LogP) is 1.75. The van der Waals surface area contributed by atoms with Crippen molar-refractivity contribution in [3.05, 3.63) is 0 Å². The van der Waals surface area contributed by atoms with Crippen LogP contribution in [-0.2, 0) is 23.7 Å². The summed E-state index contributed by atoms with van der Waals surface area (Å²) in [6.07, 6.45) is -3.37. The second kappa shape index (κ2) is 13.0. The Morgan fingerprint density at radius 3 is 2.04 bits per heavy atom. The van der Waals surface area contributed by atoms with E-state index in [9.17, 15) is 40.9 Å². The molecule has 8 fully saturated rings. The van der Waals surface area contributed by atoms with Crippen LogP contribution in [0.15, 0.2) is 0 Å². The molecule has 3 heterocycles. The van der Waals surface area contributed by atoms with Crippen molar-refractivity contribution in [1.29, 1.82) is 0 Å². The van der Waals surface area contributed by atoms with Gasteiger partial charge in [-0.3, -0.25) is 0 Å². The van der Waals surface area contributed by atoms with Gasteiger partial charge in [0.2, 0.25) is 0 Å². The van der Waals surface area contributed by atoms with Gasteiger partial charge in [-0.2, -0.15) is 0 Å². The Kier molecular flexibility index (Phi) is 9.69. The molecule has 310 valence electrons. The van der Waals surface area contributed by atoms with Crippen LogP contribution in [0.4, 0.5) is 0 Å². The monoisotopic (exact) mass is 768 g/mol. The molecule has 8 aliphatic rings. The molecule has 2 spiro atoms. The highest BCUT2D eigenvalue weighted by Crippen LogP contribution is 2.89. The number of aliphatic hydroxyl groups excluding tert-OH is 7. The number of ether oxygens (including phenoxy) is 5. The van der Waals surface area contributed by atoms with E-state index in [1.807, 2.05) is 0 Å². The summed E-state index contributed by atoms with van der Waals surface area (Å²) < 4.78 is 31.9. The molecule has 3 aliphatic heterocycles. The van der Waals surface area contributed by atoms with Gasteiger partial charge in [-0.1, -0.05) is 27.7 Å². The lowest BCUT2D eigenvalue weighted by Gasteiger charge is -2.64. The molecule has 3 saturated heterocycles. The van der Waals surface area contributed by atoms with Gasteiger partial charge in [0.25, 0.3) is 0 Å². The lowest BCUT2D eigenvalue weighted by atomic mass is 9.41. The lowest BCUT2D eigenvalue weighted by molar-refractivity contribution is -0.319. The van der Waals surface area contributed by atoms with E-state index in [4.69, 9.17) is 23.7 Å². The normalized spacial score (nSPS) is 58.2. The van der Waals surface area contributed by atoms with Gasteiger partial charge in [-0.15, -0.1) is 0 Å². The van der Waals surface area contributed by atoms with E-state index in [1.165, 1.54) is 0 Å². The van der Waals surface area contributed by atoms with E-state index in [1.54, 1.807) is 13.8 Å². The van der Waals surface area contributed by atoms with Crippen molar-refractivity contribution in [3.8, 4) is 0 Å². The van der Waals surface area contributed by atoms with Crippen molar-refractivity contribution in [2.45, 2.75) is 197 Å². The number of fused-ring (bicyclic) bond motifs is 2. The van der Waals surface area contributed by atoms with Gasteiger partial charge in [-0.25, -0.2) is 0 Å². The Bertz CT molecular complexity index is 1420. The Balaban J connectivity index is 1.09. The topological polar surface area (TPSA) is 208 Å². The van der Waals surface area contributed by atoms with Crippen molar-refractivity contribution in [1.82, 2.24) is 0 Å². The molecule has 54 heavy (non-hydrogen) atoms. The highest BCUT2D eigenvalue weighted by atomic mass is 16.7. The van der Waals surface area contributed by atoms with Gasteiger partial charge >= 0.3 is 0 Å². The molecule has 0 aromatic carbocycles. The molecule has 0 bridgehead atoms. The molecule has 0 amide bonds. The van der Waals surface area contributed by atoms with Crippen LogP contribution in [-0.4, -0.2) is 139 Å². The zero-order valence-corrected chi connectivity index (χ0v) is 33.3. The Morgan fingerprint density at radius 2 is 1.37 bits per heavy atom. The van der Waals surface area contributed by atoms with Crippen molar-refractivity contribution in [2.75, 3.05) is 13.2 Å². The summed E-state index contributed by atoms with van der Waals surface area (Å²) in [6.45, 7) is 14.6. The van der Waals surface area contributed by atoms with Gasteiger partial charge in [-0.05, 0) is 124 Å². The van der Waals surface area contributed by atoms with Crippen LogP contribution in [0.25, 0.3) is 0 Å². The second-order valence-electron chi connectivity index (χ2n) is 20.9. The van der Waals surface area contributed by atoms with Crippen molar-refractivity contribution in [2.24, 2.45) is 44.8 Å². The summed E-state index contributed by atoms with van der Waals surface area (Å²) in [5, 5.41) is 84.5. The van der Waals surface area contributed by atoms with Crippen LogP contribution in [0, 0.1) is 44.8 Å². The molecular formula is C41H68O13. The van der Waals surface area contributed by atoms with Crippen LogP contribution in [0.5, 0.6) is 0 Å². The summed E-state index contributed by atoms with van der Waals surface area (Å²) in [5.41, 5.74) is -2.02. The van der Waals surface area contributed by atoms with E-state index in [0.29, 0.717) is 24.7 Å². The van der Waals surface area contributed by atoms with E-state index in [0.717, 1.165) is 51.4 Å². The minimum Gasteiger partial charge on any atom is -0.394 e. The molecule has 13 heteroatoms. The smallest absolute Gasteiger partial charge is 0.186 e. The molecule has 13 nitrogen and oxygen atoms in total. The quantitative estimate of drug-likeness (QED) is 0.174. The standard InChI is InChI=1S/C41H68O13/c1-35(2)23-8-9-24-38(6)16-21(51-34-31(48)29(46)28(45)22(17-42)52-34)32(39(7)12-10-26(54-39)36(3,4)49)37(38,5)14-15-41(24)19-40(23,41)13-11-25(35)53-33-30(47)27(44)20(43)18-50-33/h20-34,42-49H,8-19H2,1-7H3/t20-,21+,22-,23+,24+,25+,26-,27+,28-,29+,30-,31-,32+,33+,34-,37-,38+,39+,40-,41+/m1/s1. The first-order valence-electron chi connectivity index (χ1n) is 20.8. The molecule has 0 radical (unpaired) electrons. The predicted molar refractivity (Wildman–Crippen MR) is 192 cm³/mol. The minimum absolute atomic E-state index is 0.0872. The third kappa shape index (κ3) is 5.50. The third-order valence-corrected chi connectivity index (χ3v) is 17.7. The zero-order chi connectivity index (χ0) is 39.2. The van der Waals surface area contributed by atoms with Crippen LogP contribution in [0.3, 0.4) is 0 Å². The first-order chi connectivity index (χ1) is 25.1. The average Bonchev–Trinajstić information content (AvgIpc) is 3.48. The average molecular weight is 769 g/mol. The fourth-order valence-electron chi connectivity index (χ4n) is 14.8. The SMILES string of the molecule is CC(C)(O)[C@H]1CC[C@@](C)([C@H]2[C@@H](O[C@@H]3O[C@H](CO)[C@@H](O)[C@H](O)[C@H]3O)C[C@@]3(C)[C@@H]4CC[C@H]5C(C)(C)[C@@H](O[C@@H]6OC[C@@H](O)[C@H](O)[C@H]6O)CC[C@@]56C[C@@]46CC[C@]23C)O1. The molecule has 8 rings (SSSR count). The fraction of sp³-hybridized carbons (Fsp3) is 1.00. The van der Waals surface area contributed by atoms with Crippen LogP contribution < -0.4 is 0 Å². The highest BCUT2D eigenvalue weighted by molar-refractivity contribution is 5.32. The minimum atomic E-state index is -1.54. The zero-order valence-electron chi connectivity index (χ0n) is 33.3. The maximum atomic E-state index is 11.1. The summed E-state index contributed by atoms with van der Waals surface area (Å²) in [6, 6.07) is 0. The molecule has 0 aromatic heterocycles. The van der Waals surface area contributed by atoms with E-state index in [2.05, 4.69) is 34.6 Å². The van der Waals surface area contributed by atoms with Gasteiger partial charge in [0.05, 0.1) is 42.7 Å². The van der Waals surface area contributed by atoms with Gasteiger partial charge in [0.15, 0.2) is 12.6 Å². The Morgan fingerprint density at radius 1 is 0.704 bits per heavy atom. The van der Waals surface area contributed by atoms with E-state index < -0.39 is 79.2 Å². The second-order valence-corrected chi connectivity index (χ2v) is 20.9. The van der Waals surface area contributed by atoms with Crippen LogP contribution in [0.1, 0.15) is 113 Å². The van der Waals surface area contributed by atoms with E-state index >= 15 is 0 Å². The number of aliphatic hydroxyl groups is 8. The Labute approximate surface area is 319 Å². The van der Waals surface area contributed by atoms with Crippen molar-refractivity contribution in [3.63, 3.8) is 0 Å². The lowest BCUT2D eigenvalue weighted by Crippen LogP contribution is -2.61. The molecule has 8 N–H and O–H groups in total. The molecule has 5 saturated carbocycles. The maximum absolute atomic E-state index is 11.1. The first-order valence-corrected chi connectivity index (χ1v) is 20.8. The van der Waals surface area contributed by atoms with Crippen LogP contribution in [0.2, 0.25) is 0 Å². The highest BCUT2D eigenvalue weighted by Gasteiger charge is 2.84. The number of hydrogen-bond acceptors (Lipinski definition) is 13. The van der Waals surface area contributed by atoms with Crippen LogP contribution >= 0.6 is 0 Å². The number of rotatable bonds is 7. The van der Waals surface area contributed by atoms with Crippen molar-refractivity contribution >= 4 is 0 Å². The summed E-state index contributed by atoms with van der Waals surface area (Å²) in [4.78, 5) is 0. The number of hydrogen-bond donors (Lipinski definition) is 8. The largest absolute Gasteiger partial charge is 0.394 e. The molecule has 5 aliphatic carbocycles. The fourth-order valence-corrected chi connectivity index (χ4v) is 14.8. The first kappa shape index (κ1) is 40.3.